The Balaban J connectivity index is 1.76. The number of hydrogen-bond donors (Lipinski definition) is 2. The lowest BCUT2D eigenvalue weighted by Gasteiger charge is -2.06. The quantitative estimate of drug-likeness (QED) is 0.282. The smallest absolute Gasteiger partial charge is 0.313 e. The maximum Gasteiger partial charge on any atom is 0.313 e. The van der Waals surface area contributed by atoms with E-state index in [0.717, 1.165) is 28.2 Å². The van der Waals surface area contributed by atoms with Gasteiger partial charge in [-0.25, -0.2) is 4.98 Å². The third-order valence-electron chi connectivity index (χ3n) is 4.41. The van der Waals surface area contributed by atoms with E-state index in [1.54, 1.807) is 6.07 Å². The average Bonchev–Trinajstić information content (AvgIpc) is 3.33. The van der Waals surface area contributed by atoms with Crippen molar-refractivity contribution in [1.29, 1.82) is 0 Å². The molecule has 29 heavy (non-hydrogen) atoms. The van der Waals surface area contributed by atoms with Crippen LogP contribution in [0.3, 0.4) is 0 Å². The van der Waals surface area contributed by atoms with Gasteiger partial charge in [-0.2, -0.15) is 0 Å². The van der Waals surface area contributed by atoms with Gasteiger partial charge in [0.25, 0.3) is 5.69 Å². The Hall–Kier alpha value is -3.66. The van der Waals surface area contributed by atoms with Gasteiger partial charge < -0.3 is 9.67 Å². The van der Waals surface area contributed by atoms with Gasteiger partial charge in [0, 0.05) is 41.8 Å². The molecule has 0 aliphatic rings. The molecule has 0 saturated carbocycles. The Morgan fingerprint density at radius 2 is 2.00 bits per heavy atom. The second-order valence-corrected chi connectivity index (χ2v) is 7.32. The number of carbonyl (C=O) groups is 1. The SMILES string of the molecule is Cn1ccc2cc(-c3cc(-c4nc(SCC(=O)O)n[nH]4)cc([N+](=O)[O-])c3)ccc21. The van der Waals surface area contributed by atoms with Crippen molar-refractivity contribution < 1.29 is 14.8 Å². The molecule has 2 N–H and O–H groups in total. The molecule has 0 radical (unpaired) electrons. The number of hydrogen-bond acceptors (Lipinski definition) is 6. The molecular weight excluding hydrogens is 394 g/mol. The lowest BCUT2D eigenvalue weighted by Crippen LogP contribution is -1.97. The second-order valence-electron chi connectivity index (χ2n) is 6.37. The largest absolute Gasteiger partial charge is 0.481 e. The zero-order chi connectivity index (χ0) is 20.5. The van der Waals surface area contributed by atoms with Crippen LogP contribution in [0, 0.1) is 10.1 Å². The van der Waals surface area contributed by atoms with Crippen molar-refractivity contribution >= 4 is 34.3 Å². The van der Waals surface area contributed by atoms with E-state index >= 15 is 0 Å². The number of rotatable bonds is 6. The molecule has 0 unspecified atom stereocenters. The van der Waals surface area contributed by atoms with E-state index in [1.807, 2.05) is 42.1 Å². The van der Waals surface area contributed by atoms with Crippen molar-refractivity contribution in [1.82, 2.24) is 19.7 Å². The predicted octanol–water partition coefficient (Wildman–Crippen LogP) is 3.72. The first-order valence-electron chi connectivity index (χ1n) is 8.53. The second kappa shape index (κ2) is 7.40. The van der Waals surface area contributed by atoms with Crippen LogP contribution in [-0.4, -0.2) is 41.5 Å². The van der Waals surface area contributed by atoms with Crippen molar-refractivity contribution in [2.75, 3.05) is 5.75 Å². The predicted molar refractivity (Wildman–Crippen MR) is 109 cm³/mol. The van der Waals surface area contributed by atoms with E-state index in [4.69, 9.17) is 5.11 Å². The lowest BCUT2D eigenvalue weighted by molar-refractivity contribution is -0.384. The van der Waals surface area contributed by atoms with Gasteiger partial charge in [0.15, 0.2) is 5.82 Å². The van der Waals surface area contributed by atoms with Crippen LogP contribution in [0.1, 0.15) is 0 Å². The van der Waals surface area contributed by atoms with Crippen LogP contribution in [0.5, 0.6) is 0 Å². The van der Waals surface area contributed by atoms with Crippen LogP contribution in [0.4, 0.5) is 5.69 Å². The number of thioether (sulfide) groups is 1. The Labute approximate surface area is 168 Å². The van der Waals surface area contributed by atoms with Gasteiger partial charge in [-0.3, -0.25) is 20.0 Å². The number of aryl methyl sites for hydroxylation is 1. The molecule has 0 fully saturated rings. The van der Waals surface area contributed by atoms with Gasteiger partial charge in [0.1, 0.15) is 0 Å². The Morgan fingerprint density at radius 1 is 1.21 bits per heavy atom. The molecule has 0 atom stereocenters. The van der Waals surface area contributed by atoms with Crippen LogP contribution in [0.25, 0.3) is 33.4 Å². The topological polar surface area (TPSA) is 127 Å². The summed E-state index contributed by atoms with van der Waals surface area (Å²) in [5.74, 6) is -0.812. The highest BCUT2D eigenvalue weighted by Crippen LogP contribution is 2.32. The van der Waals surface area contributed by atoms with E-state index in [9.17, 15) is 14.9 Å². The van der Waals surface area contributed by atoms with Gasteiger partial charge in [0.05, 0.1) is 10.7 Å². The average molecular weight is 409 g/mol. The molecule has 0 spiro atoms. The summed E-state index contributed by atoms with van der Waals surface area (Å²) >= 11 is 0.970. The highest BCUT2D eigenvalue weighted by atomic mass is 32.2. The van der Waals surface area contributed by atoms with Crippen LogP contribution in [-0.2, 0) is 11.8 Å². The molecule has 2 aromatic heterocycles. The standard InChI is InChI=1S/C19H15N5O4S/c1-23-5-4-12-6-11(2-3-16(12)23)13-7-14(9-15(8-13)24(27)28)18-20-19(22-21-18)29-10-17(25)26/h2-9H,10H2,1H3,(H,25,26)(H,20,21,22). The van der Waals surface area contributed by atoms with Crippen molar-refractivity contribution in [3.63, 3.8) is 0 Å². The van der Waals surface area contributed by atoms with Gasteiger partial charge in [-0.05, 0) is 35.4 Å². The summed E-state index contributed by atoms with van der Waals surface area (Å²) in [7, 11) is 1.96. The Bertz CT molecular complexity index is 1250. The molecule has 9 nitrogen and oxygen atoms in total. The van der Waals surface area contributed by atoms with E-state index in [2.05, 4.69) is 15.2 Å². The summed E-state index contributed by atoms with van der Waals surface area (Å²) in [5.41, 5.74) is 3.01. The van der Waals surface area contributed by atoms with E-state index in [1.165, 1.54) is 12.1 Å². The monoisotopic (exact) mass is 409 g/mol. The number of non-ortho nitro benzene ring substituents is 1. The molecule has 146 valence electrons. The van der Waals surface area contributed by atoms with Crippen molar-refractivity contribution in [3.05, 3.63) is 58.8 Å². The summed E-state index contributed by atoms with van der Waals surface area (Å²) < 4.78 is 2.00. The first kappa shape index (κ1) is 18.7. The highest BCUT2D eigenvalue weighted by Gasteiger charge is 2.16. The zero-order valence-corrected chi connectivity index (χ0v) is 16.0. The van der Waals surface area contributed by atoms with Crippen molar-refractivity contribution in [2.24, 2.45) is 7.05 Å². The lowest BCUT2D eigenvalue weighted by atomic mass is 10.0. The maximum atomic E-state index is 11.5. The summed E-state index contributed by atoms with van der Waals surface area (Å²) in [4.78, 5) is 25.9. The molecule has 0 amide bonds. The summed E-state index contributed by atoms with van der Waals surface area (Å²) in [6.07, 6.45) is 1.96. The molecule has 0 saturated heterocycles. The number of aromatic amines is 1. The molecule has 2 aromatic carbocycles. The minimum Gasteiger partial charge on any atom is -0.481 e. The number of nitro benzene ring substituents is 1. The number of H-pyrrole nitrogens is 1. The number of nitrogens with one attached hydrogen (secondary N) is 1. The minimum atomic E-state index is -0.977. The molecule has 0 bridgehead atoms. The van der Waals surface area contributed by atoms with Crippen LogP contribution in [0.2, 0.25) is 0 Å². The third-order valence-corrected chi connectivity index (χ3v) is 5.24. The molecule has 4 rings (SSSR count). The minimum absolute atomic E-state index is 0.0678. The fourth-order valence-corrected chi connectivity index (χ4v) is 3.57. The molecular formula is C19H15N5O4S. The molecule has 2 heterocycles. The van der Waals surface area contributed by atoms with Crippen LogP contribution >= 0.6 is 11.8 Å². The molecule has 0 aliphatic carbocycles. The van der Waals surface area contributed by atoms with Crippen LogP contribution < -0.4 is 0 Å². The van der Waals surface area contributed by atoms with Gasteiger partial charge in [-0.1, -0.05) is 17.8 Å². The van der Waals surface area contributed by atoms with Crippen molar-refractivity contribution in [3.8, 4) is 22.5 Å². The zero-order valence-electron chi connectivity index (χ0n) is 15.2. The molecule has 10 heteroatoms. The number of carboxylic acids is 1. The summed E-state index contributed by atoms with van der Waals surface area (Å²) in [6, 6.07) is 12.6. The number of fused-ring (bicyclic) bond motifs is 1. The maximum absolute atomic E-state index is 11.5. The third kappa shape index (κ3) is 3.83. The number of aliphatic carboxylic acids is 1. The Kier molecular flexibility index (Phi) is 4.77. The number of nitro groups is 1. The summed E-state index contributed by atoms with van der Waals surface area (Å²) in [5, 5.41) is 28.2. The number of benzene rings is 2. The van der Waals surface area contributed by atoms with Gasteiger partial charge in [-0.15, -0.1) is 5.10 Å². The first-order chi connectivity index (χ1) is 13.9. The fraction of sp³-hybridized carbons (Fsp3) is 0.105. The number of aromatic nitrogens is 4. The summed E-state index contributed by atoms with van der Waals surface area (Å²) in [6.45, 7) is 0. The normalized spacial score (nSPS) is 11.1. The fourth-order valence-electron chi connectivity index (χ4n) is 3.05. The number of carboxylic acid groups (broad SMARTS) is 1. The molecule has 4 aromatic rings. The van der Waals surface area contributed by atoms with E-state index < -0.39 is 10.9 Å². The number of nitrogens with zero attached hydrogens (tertiary/aromatic N) is 4. The highest BCUT2D eigenvalue weighted by molar-refractivity contribution is 7.99. The van der Waals surface area contributed by atoms with E-state index in [-0.39, 0.29) is 16.6 Å². The Morgan fingerprint density at radius 3 is 2.76 bits per heavy atom. The van der Waals surface area contributed by atoms with Gasteiger partial charge >= 0.3 is 5.97 Å². The van der Waals surface area contributed by atoms with Crippen LogP contribution in [0.15, 0.2) is 53.8 Å². The first-order valence-corrected chi connectivity index (χ1v) is 9.51. The van der Waals surface area contributed by atoms with Gasteiger partial charge in [0.2, 0.25) is 5.16 Å². The van der Waals surface area contributed by atoms with E-state index in [0.29, 0.717) is 17.0 Å². The van der Waals surface area contributed by atoms with Crippen molar-refractivity contribution in [2.45, 2.75) is 5.16 Å². The molecule has 0 aliphatic heterocycles.